The predicted octanol–water partition coefficient (Wildman–Crippen LogP) is 2.09. The van der Waals surface area contributed by atoms with Gasteiger partial charge in [-0.2, -0.15) is 0 Å². The lowest BCUT2D eigenvalue weighted by atomic mass is 10.2. The number of carbonyl (C=O) groups is 1. The summed E-state index contributed by atoms with van der Waals surface area (Å²) in [6.45, 7) is 0.636. The van der Waals surface area contributed by atoms with Crippen LogP contribution in [0.15, 0.2) is 46.8 Å². The maximum absolute atomic E-state index is 12.2. The maximum atomic E-state index is 12.2. The zero-order valence-electron chi connectivity index (χ0n) is 13.8. The van der Waals surface area contributed by atoms with E-state index in [4.69, 9.17) is 0 Å². The minimum atomic E-state index is -0.0827. The van der Waals surface area contributed by atoms with Gasteiger partial charge in [0, 0.05) is 55.3 Å². The Bertz CT molecular complexity index is 908. The van der Waals surface area contributed by atoms with E-state index in [2.05, 4.69) is 9.97 Å². The van der Waals surface area contributed by atoms with Crippen molar-refractivity contribution >= 4 is 34.0 Å². The monoisotopic (exact) mass is 374 g/mol. The first-order valence-corrected chi connectivity index (χ1v) is 9.84. The van der Waals surface area contributed by atoms with Crippen LogP contribution in [-0.4, -0.2) is 44.5 Å². The average Bonchev–Trinajstić information content (AvgIpc) is 3.09. The van der Waals surface area contributed by atoms with Crippen molar-refractivity contribution < 1.29 is 4.79 Å². The van der Waals surface area contributed by atoms with E-state index in [0.29, 0.717) is 28.7 Å². The molecule has 3 aromatic heterocycles. The van der Waals surface area contributed by atoms with Crippen molar-refractivity contribution in [2.75, 3.05) is 19.3 Å². The summed E-state index contributed by atoms with van der Waals surface area (Å²) in [6.07, 6.45) is 4.21. The number of rotatable bonds is 7. The van der Waals surface area contributed by atoms with Crippen LogP contribution in [0.5, 0.6) is 0 Å². The number of hydrogen-bond acceptors (Lipinski definition) is 6. The highest BCUT2D eigenvalue weighted by Crippen LogP contribution is 2.13. The van der Waals surface area contributed by atoms with Gasteiger partial charge in [-0.3, -0.25) is 19.0 Å². The highest BCUT2D eigenvalue weighted by Gasteiger charge is 2.10. The highest BCUT2D eigenvalue weighted by atomic mass is 32.2. The fraction of sp³-hybridized carbons (Fsp3) is 0.294. The normalized spacial score (nSPS) is 10.9. The average molecular weight is 374 g/mol. The van der Waals surface area contributed by atoms with Crippen molar-refractivity contribution in [1.82, 2.24) is 19.3 Å². The van der Waals surface area contributed by atoms with Crippen molar-refractivity contribution in [3.63, 3.8) is 0 Å². The summed E-state index contributed by atoms with van der Waals surface area (Å²) in [5.41, 5.74) is 1.60. The number of hydrogen-bond donors (Lipinski definition) is 0. The van der Waals surface area contributed by atoms with Gasteiger partial charge in [-0.15, -0.1) is 23.1 Å². The largest absolute Gasteiger partial charge is 0.345 e. The molecule has 0 N–H and O–H groups in total. The lowest BCUT2D eigenvalue weighted by Crippen LogP contribution is -2.30. The number of thiazole rings is 1. The Balaban J connectivity index is 1.47. The molecule has 130 valence electrons. The summed E-state index contributed by atoms with van der Waals surface area (Å²) < 4.78 is 1.52. The Hall–Kier alpha value is -2.19. The van der Waals surface area contributed by atoms with Crippen LogP contribution < -0.4 is 5.56 Å². The fourth-order valence-electron chi connectivity index (χ4n) is 2.27. The van der Waals surface area contributed by atoms with Crippen molar-refractivity contribution in [2.24, 2.45) is 0 Å². The lowest BCUT2D eigenvalue weighted by Gasteiger charge is -2.16. The van der Waals surface area contributed by atoms with E-state index < -0.39 is 0 Å². The first-order chi connectivity index (χ1) is 12.1. The van der Waals surface area contributed by atoms with Crippen LogP contribution in [0.25, 0.3) is 4.96 Å². The Morgan fingerprint density at radius 2 is 2.24 bits per heavy atom. The van der Waals surface area contributed by atoms with Crippen LogP contribution in [0.2, 0.25) is 0 Å². The van der Waals surface area contributed by atoms with Gasteiger partial charge in [0.1, 0.15) is 0 Å². The third kappa shape index (κ3) is 4.67. The molecular formula is C17H18N4O2S2. The van der Waals surface area contributed by atoms with E-state index in [-0.39, 0.29) is 11.5 Å². The molecule has 0 atom stereocenters. The molecule has 8 heteroatoms. The molecule has 0 spiro atoms. The van der Waals surface area contributed by atoms with Gasteiger partial charge in [0.25, 0.3) is 5.56 Å². The number of amides is 1. The van der Waals surface area contributed by atoms with Crippen LogP contribution in [0.3, 0.4) is 0 Å². The number of likely N-dealkylation sites (N-methyl/N-ethyl adjacent to an activating group) is 1. The van der Waals surface area contributed by atoms with Crippen LogP contribution in [-0.2, 0) is 17.0 Å². The number of fused-ring (bicyclic) bond motifs is 1. The molecule has 0 fully saturated rings. The van der Waals surface area contributed by atoms with Gasteiger partial charge in [-0.25, -0.2) is 4.98 Å². The molecule has 0 aliphatic rings. The minimum Gasteiger partial charge on any atom is -0.345 e. The number of carbonyl (C=O) groups excluding carboxylic acids is 1. The maximum Gasteiger partial charge on any atom is 0.258 e. The van der Waals surface area contributed by atoms with Crippen molar-refractivity contribution in [1.29, 1.82) is 0 Å². The van der Waals surface area contributed by atoms with E-state index in [1.54, 1.807) is 24.3 Å². The molecule has 0 aliphatic carbocycles. The summed E-state index contributed by atoms with van der Waals surface area (Å²) in [5.74, 6) is 0.975. The van der Waals surface area contributed by atoms with Crippen LogP contribution in [0.4, 0.5) is 0 Å². The molecule has 0 saturated carbocycles. The molecule has 3 rings (SSSR count). The molecule has 25 heavy (non-hydrogen) atoms. The lowest BCUT2D eigenvalue weighted by molar-refractivity contribution is -0.127. The molecule has 0 bridgehead atoms. The smallest absolute Gasteiger partial charge is 0.258 e. The zero-order chi connectivity index (χ0) is 17.6. The summed E-state index contributed by atoms with van der Waals surface area (Å²) in [6, 6.07) is 7.31. The summed E-state index contributed by atoms with van der Waals surface area (Å²) in [4.78, 5) is 35.2. The van der Waals surface area contributed by atoms with Gasteiger partial charge in [0.05, 0.1) is 11.4 Å². The SMILES string of the molecule is CN(CCc1ccccn1)C(=O)CSCc1cc(=O)n2ccsc2n1. The van der Waals surface area contributed by atoms with Gasteiger partial charge in [0.15, 0.2) is 4.96 Å². The van der Waals surface area contributed by atoms with Crippen molar-refractivity contribution in [2.45, 2.75) is 12.2 Å². The fourth-order valence-corrected chi connectivity index (χ4v) is 3.86. The Morgan fingerprint density at radius 1 is 1.36 bits per heavy atom. The van der Waals surface area contributed by atoms with Gasteiger partial charge in [-0.05, 0) is 12.1 Å². The minimum absolute atomic E-state index is 0.0647. The quantitative estimate of drug-likeness (QED) is 0.633. The highest BCUT2D eigenvalue weighted by molar-refractivity contribution is 7.99. The van der Waals surface area contributed by atoms with E-state index in [0.717, 1.165) is 12.1 Å². The van der Waals surface area contributed by atoms with Crippen LogP contribution >= 0.6 is 23.1 Å². The number of thioether (sulfide) groups is 1. The zero-order valence-corrected chi connectivity index (χ0v) is 15.4. The van der Waals surface area contributed by atoms with E-state index in [1.165, 1.54) is 33.6 Å². The molecule has 0 aliphatic heterocycles. The van der Waals surface area contributed by atoms with Crippen LogP contribution in [0.1, 0.15) is 11.4 Å². The number of aromatic nitrogens is 3. The second-order valence-corrected chi connectivity index (χ2v) is 7.38. The molecule has 0 aromatic carbocycles. The second-order valence-electron chi connectivity index (χ2n) is 5.52. The molecule has 1 amide bonds. The van der Waals surface area contributed by atoms with Gasteiger partial charge < -0.3 is 4.90 Å². The molecule has 3 heterocycles. The van der Waals surface area contributed by atoms with Crippen LogP contribution in [0, 0.1) is 0 Å². The van der Waals surface area contributed by atoms with E-state index in [1.807, 2.05) is 23.6 Å². The van der Waals surface area contributed by atoms with Crippen molar-refractivity contribution in [3.05, 3.63) is 63.8 Å². The summed E-state index contributed by atoms with van der Waals surface area (Å²) in [7, 11) is 1.80. The van der Waals surface area contributed by atoms with Crippen molar-refractivity contribution in [3.8, 4) is 0 Å². The number of nitrogens with zero attached hydrogens (tertiary/aromatic N) is 4. The third-order valence-electron chi connectivity index (χ3n) is 3.69. The third-order valence-corrected chi connectivity index (χ3v) is 5.39. The van der Waals surface area contributed by atoms with E-state index in [9.17, 15) is 9.59 Å². The number of pyridine rings is 1. The molecule has 3 aromatic rings. The topological polar surface area (TPSA) is 67.6 Å². The standard InChI is InChI=1S/C17H18N4O2S2/c1-20(7-5-13-4-2-3-6-18-13)16(23)12-24-11-14-10-15(22)21-8-9-25-17(21)19-14/h2-4,6,8-10H,5,7,11-12H2,1H3. The summed E-state index contributed by atoms with van der Waals surface area (Å²) >= 11 is 2.90. The first kappa shape index (κ1) is 17.6. The first-order valence-electron chi connectivity index (χ1n) is 7.81. The molecule has 0 unspecified atom stereocenters. The molecule has 0 radical (unpaired) electrons. The Morgan fingerprint density at radius 3 is 3.04 bits per heavy atom. The van der Waals surface area contributed by atoms with E-state index >= 15 is 0 Å². The Labute approximate surface area is 153 Å². The second kappa shape index (κ2) is 8.26. The predicted molar refractivity (Wildman–Crippen MR) is 101 cm³/mol. The van der Waals surface area contributed by atoms with Gasteiger partial charge in [-0.1, -0.05) is 6.07 Å². The van der Waals surface area contributed by atoms with Gasteiger partial charge >= 0.3 is 0 Å². The molecule has 0 saturated heterocycles. The van der Waals surface area contributed by atoms with Gasteiger partial charge in [0.2, 0.25) is 5.91 Å². The molecular weight excluding hydrogens is 356 g/mol. The summed E-state index contributed by atoms with van der Waals surface area (Å²) in [5, 5.41) is 1.83. The Kier molecular flexibility index (Phi) is 5.83. The molecule has 6 nitrogen and oxygen atoms in total.